The lowest BCUT2D eigenvalue weighted by atomic mass is 10.1. The van der Waals surface area contributed by atoms with Gasteiger partial charge in [0.25, 0.3) is 0 Å². The molecule has 2 rings (SSSR count). The van der Waals surface area contributed by atoms with Crippen molar-refractivity contribution in [3.8, 4) is 0 Å². The highest BCUT2D eigenvalue weighted by atomic mass is 14.9. The molecule has 0 aliphatic heterocycles. The van der Waals surface area contributed by atoms with Gasteiger partial charge >= 0.3 is 0 Å². The molecule has 0 bridgehead atoms. The van der Waals surface area contributed by atoms with Crippen molar-refractivity contribution in [1.29, 1.82) is 0 Å². The van der Waals surface area contributed by atoms with Crippen molar-refractivity contribution in [1.82, 2.24) is 9.97 Å². The van der Waals surface area contributed by atoms with E-state index in [-0.39, 0.29) is 0 Å². The molecule has 3 heteroatoms. The van der Waals surface area contributed by atoms with Gasteiger partial charge in [-0.25, -0.2) is 9.97 Å². The molecule has 0 radical (unpaired) electrons. The van der Waals surface area contributed by atoms with Crippen LogP contribution in [0.25, 0.3) is 0 Å². The molecule has 0 aliphatic carbocycles. The Hall–Kier alpha value is -1.90. The van der Waals surface area contributed by atoms with Gasteiger partial charge in [-0.3, -0.25) is 0 Å². The fourth-order valence-electron chi connectivity index (χ4n) is 1.58. The molecule has 2 N–H and O–H groups in total. The predicted molar refractivity (Wildman–Crippen MR) is 65.0 cm³/mol. The maximum Gasteiger partial charge on any atom is 0.126 e. The molecule has 1 aromatic carbocycles. The van der Waals surface area contributed by atoms with E-state index in [0.717, 1.165) is 18.5 Å². The van der Waals surface area contributed by atoms with Crippen molar-refractivity contribution in [2.45, 2.75) is 19.8 Å². The van der Waals surface area contributed by atoms with Crippen LogP contribution in [0.3, 0.4) is 0 Å². The summed E-state index contributed by atoms with van der Waals surface area (Å²) < 4.78 is 0. The Balaban J connectivity index is 1.99. The van der Waals surface area contributed by atoms with Crippen LogP contribution < -0.4 is 5.73 Å². The number of hydrogen-bond donors (Lipinski definition) is 1. The Bertz CT molecular complexity index is 463. The standard InChI is InChI=1S/C13H15N3/c1-10-2-4-11(5-3-10)6-7-12-8-13(14)16-9-15-12/h2-5,8-9H,6-7H2,1H3,(H2,14,15,16). The zero-order valence-corrected chi connectivity index (χ0v) is 9.35. The van der Waals surface area contributed by atoms with E-state index in [2.05, 4.69) is 41.2 Å². The van der Waals surface area contributed by atoms with E-state index in [0.29, 0.717) is 5.82 Å². The highest BCUT2D eigenvalue weighted by molar-refractivity contribution is 5.28. The first-order valence-electron chi connectivity index (χ1n) is 5.36. The van der Waals surface area contributed by atoms with Crippen molar-refractivity contribution < 1.29 is 0 Å². The molecule has 0 saturated carbocycles. The van der Waals surface area contributed by atoms with Crippen LogP contribution in [-0.2, 0) is 12.8 Å². The molecule has 2 aromatic rings. The van der Waals surface area contributed by atoms with Gasteiger partial charge in [-0.15, -0.1) is 0 Å². The molecule has 3 nitrogen and oxygen atoms in total. The average molecular weight is 213 g/mol. The fourth-order valence-corrected chi connectivity index (χ4v) is 1.58. The Morgan fingerprint density at radius 3 is 2.50 bits per heavy atom. The summed E-state index contributed by atoms with van der Waals surface area (Å²) in [6.07, 6.45) is 3.40. The molecule has 0 aliphatic rings. The normalized spacial score (nSPS) is 10.3. The molecule has 0 saturated heterocycles. The number of aryl methyl sites for hydroxylation is 3. The van der Waals surface area contributed by atoms with Gasteiger partial charge in [0.15, 0.2) is 0 Å². The summed E-state index contributed by atoms with van der Waals surface area (Å²) in [6.45, 7) is 2.09. The third-order valence-corrected chi connectivity index (χ3v) is 2.54. The minimum Gasteiger partial charge on any atom is -0.384 e. The largest absolute Gasteiger partial charge is 0.384 e. The summed E-state index contributed by atoms with van der Waals surface area (Å²) in [5.74, 6) is 0.536. The number of anilines is 1. The van der Waals surface area contributed by atoms with Crippen LogP contribution in [0.4, 0.5) is 5.82 Å². The highest BCUT2D eigenvalue weighted by Crippen LogP contribution is 2.08. The van der Waals surface area contributed by atoms with E-state index < -0.39 is 0 Å². The minimum atomic E-state index is 0.536. The predicted octanol–water partition coefficient (Wildman–Crippen LogP) is 2.15. The lowest BCUT2D eigenvalue weighted by Crippen LogP contribution is -1.98. The first-order chi connectivity index (χ1) is 7.74. The van der Waals surface area contributed by atoms with Crippen LogP contribution in [0, 0.1) is 6.92 Å². The molecule has 0 spiro atoms. The van der Waals surface area contributed by atoms with E-state index in [1.165, 1.54) is 17.5 Å². The van der Waals surface area contributed by atoms with Crippen molar-refractivity contribution in [2.24, 2.45) is 0 Å². The van der Waals surface area contributed by atoms with Gasteiger partial charge < -0.3 is 5.73 Å². The number of benzene rings is 1. The summed E-state index contributed by atoms with van der Waals surface area (Å²) in [7, 11) is 0. The summed E-state index contributed by atoms with van der Waals surface area (Å²) >= 11 is 0. The van der Waals surface area contributed by atoms with Crippen molar-refractivity contribution in [3.05, 3.63) is 53.5 Å². The number of nitrogen functional groups attached to an aromatic ring is 1. The van der Waals surface area contributed by atoms with E-state index in [1.54, 1.807) is 0 Å². The van der Waals surface area contributed by atoms with Gasteiger partial charge in [0, 0.05) is 11.8 Å². The van der Waals surface area contributed by atoms with Gasteiger partial charge in [-0.05, 0) is 25.3 Å². The molecule has 1 heterocycles. The van der Waals surface area contributed by atoms with Crippen molar-refractivity contribution in [3.63, 3.8) is 0 Å². The molecule has 1 aromatic heterocycles. The molecule has 82 valence electrons. The number of nitrogens with two attached hydrogens (primary N) is 1. The lowest BCUT2D eigenvalue weighted by molar-refractivity contribution is 0.902. The second kappa shape index (κ2) is 4.75. The second-order valence-corrected chi connectivity index (χ2v) is 3.92. The van der Waals surface area contributed by atoms with Crippen LogP contribution in [0.5, 0.6) is 0 Å². The van der Waals surface area contributed by atoms with E-state index in [9.17, 15) is 0 Å². The molecular formula is C13H15N3. The van der Waals surface area contributed by atoms with Crippen LogP contribution in [0.2, 0.25) is 0 Å². The van der Waals surface area contributed by atoms with Crippen LogP contribution in [-0.4, -0.2) is 9.97 Å². The topological polar surface area (TPSA) is 51.8 Å². The number of rotatable bonds is 3. The first kappa shape index (κ1) is 10.6. The van der Waals surface area contributed by atoms with Gasteiger partial charge in [-0.2, -0.15) is 0 Å². The third-order valence-electron chi connectivity index (χ3n) is 2.54. The zero-order valence-electron chi connectivity index (χ0n) is 9.35. The maximum atomic E-state index is 5.60. The van der Waals surface area contributed by atoms with Gasteiger partial charge in [0.2, 0.25) is 0 Å². The summed E-state index contributed by atoms with van der Waals surface area (Å²) in [4.78, 5) is 8.05. The number of hydrogen-bond acceptors (Lipinski definition) is 3. The average Bonchev–Trinajstić information content (AvgIpc) is 2.28. The molecule has 16 heavy (non-hydrogen) atoms. The van der Waals surface area contributed by atoms with Gasteiger partial charge in [0.05, 0.1) is 0 Å². The molecule has 0 atom stereocenters. The maximum absolute atomic E-state index is 5.60. The van der Waals surface area contributed by atoms with Gasteiger partial charge in [0.1, 0.15) is 12.1 Å². The Kier molecular flexibility index (Phi) is 3.15. The third kappa shape index (κ3) is 2.79. The van der Waals surface area contributed by atoms with E-state index in [1.807, 2.05) is 6.07 Å². The van der Waals surface area contributed by atoms with Crippen LogP contribution in [0.1, 0.15) is 16.8 Å². The lowest BCUT2D eigenvalue weighted by Gasteiger charge is -2.02. The van der Waals surface area contributed by atoms with Crippen LogP contribution >= 0.6 is 0 Å². The summed E-state index contributed by atoms with van der Waals surface area (Å²) in [5.41, 5.74) is 9.20. The molecule has 0 amide bonds. The Labute approximate surface area is 95.4 Å². The fraction of sp³-hybridized carbons (Fsp3) is 0.231. The quantitative estimate of drug-likeness (QED) is 0.850. The summed E-state index contributed by atoms with van der Waals surface area (Å²) in [6, 6.07) is 10.4. The monoisotopic (exact) mass is 213 g/mol. The smallest absolute Gasteiger partial charge is 0.126 e. The molecule has 0 fully saturated rings. The van der Waals surface area contributed by atoms with E-state index >= 15 is 0 Å². The Morgan fingerprint density at radius 2 is 1.81 bits per heavy atom. The van der Waals surface area contributed by atoms with E-state index in [4.69, 9.17) is 5.73 Å². The van der Waals surface area contributed by atoms with Crippen molar-refractivity contribution >= 4 is 5.82 Å². The van der Waals surface area contributed by atoms with Gasteiger partial charge in [-0.1, -0.05) is 29.8 Å². The Morgan fingerprint density at radius 1 is 1.06 bits per heavy atom. The SMILES string of the molecule is Cc1ccc(CCc2cc(N)ncn2)cc1. The highest BCUT2D eigenvalue weighted by Gasteiger charge is 1.98. The zero-order chi connectivity index (χ0) is 11.4. The minimum absolute atomic E-state index is 0.536. The van der Waals surface area contributed by atoms with Crippen molar-refractivity contribution in [2.75, 3.05) is 5.73 Å². The first-order valence-corrected chi connectivity index (χ1v) is 5.36. The van der Waals surface area contributed by atoms with Crippen LogP contribution in [0.15, 0.2) is 36.7 Å². The number of aromatic nitrogens is 2. The second-order valence-electron chi connectivity index (χ2n) is 3.92. The summed E-state index contributed by atoms with van der Waals surface area (Å²) in [5, 5.41) is 0. The molecule has 0 unspecified atom stereocenters. The molecular weight excluding hydrogens is 198 g/mol. The number of nitrogens with zero attached hydrogens (tertiary/aromatic N) is 2.